The maximum Gasteiger partial charge on any atom is 0.321 e. The molecule has 0 radical (unpaired) electrons. The SMILES string of the molecule is C[N+](C)(C)CCSC[C@H](N)C(=O)O. The Morgan fingerprint density at radius 2 is 2.08 bits per heavy atom. The van der Waals surface area contributed by atoms with Crippen LogP contribution in [0.4, 0.5) is 0 Å². The normalized spacial score (nSPS) is 14.2. The first-order chi connectivity index (χ1) is 5.83. The van der Waals surface area contributed by atoms with E-state index in [0.717, 1.165) is 16.8 Å². The van der Waals surface area contributed by atoms with Crippen molar-refractivity contribution in [3.8, 4) is 0 Å². The molecule has 0 rings (SSSR count). The van der Waals surface area contributed by atoms with Crippen molar-refractivity contribution in [2.75, 3.05) is 39.2 Å². The van der Waals surface area contributed by atoms with Crippen molar-refractivity contribution in [2.45, 2.75) is 6.04 Å². The number of carboxylic acids is 1. The highest BCUT2D eigenvalue weighted by Gasteiger charge is 2.12. The standard InChI is InChI=1S/C8H18N2O2S/c1-10(2,3)4-5-13-6-7(9)8(11)12/h7H,4-6,9H2,1-3H3/p+1/t7-/m0/s1. The zero-order valence-electron chi connectivity index (χ0n) is 8.49. The molecule has 0 amide bonds. The molecule has 0 aliphatic carbocycles. The quantitative estimate of drug-likeness (QED) is 0.469. The topological polar surface area (TPSA) is 63.3 Å². The minimum absolute atomic E-state index is 0.495. The summed E-state index contributed by atoms with van der Waals surface area (Å²) in [4.78, 5) is 10.3. The molecule has 0 aromatic heterocycles. The van der Waals surface area contributed by atoms with Crippen molar-refractivity contribution in [3.05, 3.63) is 0 Å². The van der Waals surface area contributed by atoms with Crippen molar-refractivity contribution in [1.29, 1.82) is 0 Å². The van der Waals surface area contributed by atoms with Gasteiger partial charge >= 0.3 is 5.97 Å². The Balaban J connectivity index is 3.41. The molecule has 0 aromatic rings. The Hall–Kier alpha value is -0.260. The predicted molar refractivity (Wildman–Crippen MR) is 55.8 cm³/mol. The van der Waals surface area contributed by atoms with Crippen LogP contribution in [0.3, 0.4) is 0 Å². The Morgan fingerprint density at radius 1 is 1.54 bits per heavy atom. The number of hydrogen-bond acceptors (Lipinski definition) is 3. The highest BCUT2D eigenvalue weighted by atomic mass is 32.2. The van der Waals surface area contributed by atoms with Gasteiger partial charge in [-0.15, -0.1) is 0 Å². The fourth-order valence-corrected chi connectivity index (χ4v) is 1.86. The summed E-state index contributed by atoms with van der Waals surface area (Å²) in [7, 11) is 6.33. The second-order valence-electron chi connectivity index (χ2n) is 4.03. The fourth-order valence-electron chi connectivity index (χ4n) is 0.620. The van der Waals surface area contributed by atoms with E-state index in [1.807, 2.05) is 0 Å². The summed E-state index contributed by atoms with van der Waals surface area (Å²) < 4.78 is 0.898. The number of quaternary nitrogens is 1. The predicted octanol–water partition coefficient (Wildman–Crippen LogP) is -0.162. The molecule has 78 valence electrons. The van der Waals surface area contributed by atoms with Crippen LogP contribution in [0, 0.1) is 0 Å². The van der Waals surface area contributed by atoms with E-state index in [0.29, 0.717) is 5.75 Å². The number of carbonyl (C=O) groups is 1. The van der Waals surface area contributed by atoms with Gasteiger partial charge in [-0.25, -0.2) is 0 Å². The van der Waals surface area contributed by atoms with Gasteiger partial charge in [-0.2, -0.15) is 11.8 Å². The molecule has 1 atom stereocenters. The summed E-state index contributed by atoms with van der Waals surface area (Å²) in [5.41, 5.74) is 5.34. The maximum absolute atomic E-state index is 10.3. The first-order valence-electron chi connectivity index (χ1n) is 4.19. The van der Waals surface area contributed by atoms with Gasteiger partial charge in [0.15, 0.2) is 0 Å². The van der Waals surface area contributed by atoms with Gasteiger partial charge in [0.1, 0.15) is 6.04 Å². The van der Waals surface area contributed by atoms with Crippen molar-refractivity contribution in [1.82, 2.24) is 0 Å². The van der Waals surface area contributed by atoms with E-state index in [2.05, 4.69) is 21.1 Å². The van der Waals surface area contributed by atoms with Crippen LogP contribution in [0.1, 0.15) is 0 Å². The lowest BCUT2D eigenvalue weighted by molar-refractivity contribution is -0.867. The van der Waals surface area contributed by atoms with Gasteiger partial charge in [0.25, 0.3) is 0 Å². The molecule has 5 heteroatoms. The lowest BCUT2D eigenvalue weighted by atomic mass is 10.4. The minimum atomic E-state index is -0.919. The third-order valence-electron chi connectivity index (χ3n) is 1.52. The molecule has 0 aromatic carbocycles. The van der Waals surface area contributed by atoms with E-state index < -0.39 is 12.0 Å². The van der Waals surface area contributed by atoms with E-state index in [1.54, 1.807) is 11.8 Å². The summed E-state index contributed by atoms with van der Waals surface area (Å²) in [6.45, 7) is 1.02. The van der Waals surface area contributed by atoms with E-state index in [1.165, 1.54) is 0 Å². The Kier molecular flexibility index (Phi) is 5.36. The number of aliphatic carboxylic acids is 1. The smallest absolute Gasteiger partial charge is 0.321 e. The van der Waals surface area contributed by atoms with Gasteiger partial charge in [-0.1, -0.05) is 0 Å². The molecule has 0 fully saturated rings. The monoisotopic (exact) mass is 207 g/mol. The summed E-state index contributed by atoms with van der Waals surface area (Å²) >= 11 is 1.60. The first-order valence-corrected chi connectivity index (χ1v) is 5.35. The summed E-state index contributed by atoms with van der Waals surface area (Å²) in [5.74, 6) is 0.526. The molecule has 3 N–H and O–H groups in total. The molecule has 0 saturated heterocycles. The van der Waals surface area contributed by atoms with Crippen molar-refractivity contribution >= 4 is 17.7 Å². The lowest BCUT2D eigenvalue weighted by Gasteiger charge is -2.23. The first kappa shape index (κ1) is 12.7. The molecule has 0 aliphatic rings. The molecule has 13 heavy (non-hydrogen) atoms. The van der Waals surface area contributed by atoms with Crippen LogP contribution < -0.4 is 5.73 Å². The van der Waals surface area contributed by atoms with E-state index in [9.17, 15) is 4.79 Å². The average molecular weight is 207 g/mol. The van der Waals surface area contributed by atoms with Crippen LogP contribution in [0.2, 0.25) is 0 Å². The Morgan fingerprint density at radius 3 is 2.46 bits per heavy atom. The minimum Gasteiger partial charge on any atom is -0.480 e. The van der Waals surface area contributed by atoms with Crippen molar-refractivity contribution in [3.63, 3.8) is 0 Å². The molecular weight excluding hydrogens is 188 g/mol. The highest BCUT2D eigenvalue weighted by Crippen LogP contribution is 2.04. The number of nitrogens with two attached hydrogens (primary N) is 1. The largest absolute Gasteiger partial charge is 0.480 e. The van der Waals surface area contributed by atoms with Crippen LogP contribution in [-0.2, 0) is 4.79 Å². The second kappa shape index (κ2) is 5.47. The molecule has 0 saturated carbocycles. The van der Waals surface area contributed by atoms with Crippen LogP contribution in [0.5, 0.6) is 0 Å². The maximum atomic E-state index is 10.3. The molecule has 0 spiro atoms. The average Bonchev–Trinajstić information content (AvgIpc) is 1.95. The summed E-state index contributed by atoms with van der Waals surface area (Å²) in [6.07, 6.45) is 0. The van der Waals surface area contributed by atoms with Crippen LogP contribution in [0.25, 0.3) is 0 Å². The van der Waals surface area contributed by atoms with E-state index >= 15 is 0 Å². The van der Waals surface area contributed by atoms with Crippen molar-refractivity contribution in [2.24, 2.45) is 5.73 Å². The van der Waals surface area contributed by atoms with E-state index in [-0.39, 0.29) is 0 Å². The highest BCUT2D eigenvalue weighted by molar-refractivity contribution is 7.99. The van der Waals surface area contributed by atoms with Crippen molar-refractivity contribution < 1.29 is 14.4 Å². The number of rotatable bonds is 6. The zero-order chi connectivity index (χ0) is 10.5. The zero-order valence-corrected chi connectivity index (χ0v) is 9.30. The fraction of sp³-hybridized carbons (Fsp3) is 0.875. The molecular formula is C8H19N2O2S+. The number of carboxylic acid groups (broad SMARTS) is 1. The lowest BCUT2D eigenvalue weighted by Crippen LogP contribution is -2.37. The van der Waals surface area contributed by atoms with Gasteiger partial charge < -0.3 is 15.3 Å². The number of thioether (sulfide) groups is 1. The van der Waals surface area contributed by atoms with Crippen LogP contribution in [-0.4, -0.2) is 60.8 Å². The Bertz CT molecular complexity index is 168. The van der Waals surface area contributed by atoms with Gasteiger partial charge in [0.05, 0.1) is 27.7 Å². The number of nitrogens with zero attached hydrogens (tertiary/aromatic N) is 1. The summed E-state index contributed by atoms with van der Waals surface area (Å²) in [6, 6.07) is -0.725. The number of hydrogen-bond donors (Lipinski definition) is 2. The van der Waals surface area contributed by atoms with Crippen LogP contribution >= 0.6 is 11.8 Å². The van der Waals surface area contributed by atoms with Gasteiger partial charge in [-0.05, 0) is 0 Å². The third kappa shape index (κ3) is 8.08. The molecule has 0 aliphatic heterocycles. The molecule has 0 heterocycles. The Labute approximate surface area is 83.7 Å². The van der Waals surface area contributed by atoms with Gasteiger partial charge in [0.2, 0.25) is 0 Å². The second-order valence-corrected chi connectivity index (χ2v) is 5.18. The molecule has 0 unspecified atom stereocenters. The molecule has 0 bridgehead atoms. The van der Waals surface area contributed by atoms with Gasteiger partial charge in [-0.3, -0.25) is 4.79 Å². The molecule has 4 nitrogen and oxygen atoms in total. The third-order valence-corrected chi connectivity index (χ3v) is 2.59. The summed E-state index contributed by atoms with van der Waals surface area (Å²) in [5, 5.41) is 8.50. The van der Waals surface area contributed by atoms with Gasteiger partial charge in [0, 0.05) is 11.5 Å². The van der Waals surface area contributed by atoms with E-state index in [4.69, 9.17) is 10.8 Å². The van der Waals surface area contributed by atoms with Crippen LogP contribution in [0.15, 0.2) is 0 Å².